The van der Waals surface area contributed by atoms with Crippen LogP contribution in [0, 0.1) is 0 Å². The number of nitrogens with zero attached hydrogens (tertiary/aromatic N) is 1. The number of benzene rings is 2. The smallest absolute Gasteiger partial charge is 0.257 e. The van der Waals surface area contributed by atoms with E-state index in [1.165, 1.54) is 6.20 Å². The molecule has 0 unspecified atom stereocenters. The maximum Gasteiger partial charge on any atom is 0.257 e. The molecule has 0 aliphatic heterocycles. The molecule has 0 fully saturated rings. The summed E-state index contributed by atoms with van der Waals surface area (Å²) in [5.74, 6) is -0.828. The van der Waals surface area contributed by atoms with E-state index in [0.29, 0.717) is 23.4 Å². The van der Waals surface area contributed by atoms with Gasteiger partial charge in [-0.15, -0.1) is 0 Å². The lowest BCUT2D eigenvalue weighted by atomic mass is 10.2. The molecular formula is C22H20N4O3. The number of carbonyl (C=O) groups is 3. The minimum atomic E-state index is -0.297. The lowest BCUT2D eigenvalue weighted by molar-refractivity contribution is -0.120. The van der Waals surface area contributed by atoms with Gasteiger partial charge >= 0.3 is 0 Å². The number of anilines is 1. The number of aromatic nitrogens is 1. The Bertz CT molecular complexity index is 974. The highest BCUT2D eigenvalue weighted by molar-refractivity contribution is 6.04. The Labute approximate surface area is 168 Å². The van der Waals surface area contributed by atoms with Crippen molar-refractivity contribution >= 4 is 23.4 Å². The Morgan fingerprint density at radius 1 is 0.759 bits per heavy atom. The van der Waals surface area contributed by atoms with Gasteiger partial charge in [-0.1, -0.05) is 30.3 Å². The first kappa shape index (κ1) is 19.8. The molecule has 29 heavy (non-hydrogen) atoms. The number of carbonyl (C=O) groups excluding carboxylic acids is 3. The molecule has 3 rings (SSSR count). The predicted octanol–water partition coefficient (Wildman–Crippen LogP) is 2.38. The molecule has 7 nitrogen and oxygen atoms in total. The maximum absolute atomic E-state index is 12.1. The Kier molecular flexibility index (Phi) is 6.67. The van der Waals surface area contributed by atoms with Gasteiger partial charge in [0, 0.05) is 30.2 Å². The summed E-state index contributed by atoms with van der Waals surface area (Å²) in [7, 11) is 0. The normalized spacial score (nSPS) is 10.1. The van der Waals surface area contributed by atoms with Gasteiger partial charge in [-0.25, -0.2) is 0 Å². The molecule has 3 amide bonds. The van der Waals surface area contributed by atoms with E-state index in [9.17, 15) is 14.4 Å². The number of pyridine rings is 1. The molecule has 3 aromatic rings. The third-order valence-corrected chi connectivity index (χ3v) is 4.07. The summed E-state index contributed by atoms with van der Waals surface area (Å²) < 4.78 is 0. The van der Waals surface area contributed by atoms with Crippen molar-refractivity contribution in [1.29, 1.82) is 0 Å². The van der Waals surface area contributed by atoms with Crippen LogP contribution in [0.1, 0.15) is 26.3 Å². The second-order valence-electron chi connectivity index (χ2n) is 6.22. The third-order valence-electron chi connectivity index (χ3n) is 4.07. The second-order valence-corrected chi connectivity index (χ2v) is 6.22. The second kappa shape index (κ2) is 9.80. The maximum atomic E-state index is 12.1. The van der Waals surface area contributed by atoms with E-state index in [0.717, 1.165) is 5.56 Å². The first-order valence-electron chi connectivity index (χ1n) is 9.02. The summed E-state index contributed by atoms with van der Waals surface area (Å²) in [4.78, 5) is 39.9. The Hall–Kier alpha value is -4.00. The van der Waals surface area contributed by atoms with E-state index in [1.807, 2.05) is 18.2 Å². The number of hydrogen-bond acceptors (Lipinski definition) is 4. The molecule has 1 heterocycles. The van der Waals surface area contributed by atoms with E-state index in [4.69, 9.17) is 0 Å². The summed E-state index contributed by atoms with van der Waals surface area (Å²) in [6.45, 7) is 0.212. The molecule has 0 radical (unpaired) electrons. The van der Waals surface area contributed by atoms with E-state index >= 15 is 0 Å². The monoisotopic (exact) mass is 388 g/mol. The molecular weight excluding hydrogens is 368 g/mol. The fourth-order valence-electron chi connectivity index (χ4n) is 2.52. The van der Waals surface area contributed by atoms with Crippen molar-refractivity contribution in [3.05, 3.63) is 95.8 Å². The molecule has 0 saturated heterocycles. The van der Waals surface area contributed by atoms with Gasteiger partial charge in [0.1, 0.15) is 0 Å². The predicted molar refractivity (Wildman–Crippen MR) is 109 cm³/mol. The molecule has 0 bridgehead atoms. The first-order chi connectivity index (χ1) is 14.1. The zero-order valence-corrected chi connectivity index (χ0v) is 15.6. The number of rotatable bonds is 7. The van der Waals surface area contributed by atoms with Crippen LogP contribution in [0.2, 0.25) is 0 Å². The Balaban J connectivity index is 1.43. The SMILES string of the molecule is O=C(CNC(=O)c1ccccc1)NCc1ccc(NC(=O)c2cccnc2)cc1. The lowest BCUT2D eigenvalue weighted by Gasteiger charge is -2.09. The standard InChI is InChI=1S/C22H20N4O3/c27-20(15-25-21(28)17-5-2-1-3-6-17)24-13-16-8-10-19(11-9-16)26-22(29)18-7-4-12-23-14-18/h1-12,14H,13,15H2,(H,24,27)(H,25,28)(H,26,29). The number of nitrogens with one attached hydrogen (secondary N) is 3. The highest BCUT2D eigenvalue weighted by Gasteiger charge is 2.08. The highest BCUT2D eigenvalue weighted by atomic mass is 16.2. The summed E-state index contributed by atoms with van der Waals surface area (Å²) in [6, 6.07) is 19.2. The molecule has 0 aliphatic rings. The number of hydrogen-bond donors (Lipinski definition) is 3. The minimum Gasteiger partial charge on any atom is -0.350 e. The van der Waals surface area contributed by atoms with Crippen LogP contribution in [0.4, 0.5) is 5.69 Å². The van der Waals surface area contributed by atoms with E-state index < -0.39 is 0 Å². The van der Waals surface area contributed by atoms with E-state index in [-0.39, 0.29) is 24.3 Å². The van der Waals surface area contributed by atoms with Gasteiger partial charge in [-0.3, -0.25) is 19.4 Å². The largest absolute Gasteiger partial charge is 0.350 e. The van der Waals surface area contributed by atoms with Crippen molar-refractivity contribution in [2.24, 2.45) is 0 Å². The van der Waals surface area contributed by atoms with Crippen molar-refractivity contribution in [3.63, 3.8) is 0 Å². The van der Waals surface area contributed by atoms with Crippen LogP contribution in [-0.4, -0.2) is 29.3 Å². The lowest BCUT2D eigenvalue weighted by Crippen LogP contribution is -2.36. The van der Waals surface area contributed by atoms with Gasteiger partial charge in [0.2, 0.25) is 5.91 Å². The highest BCUT2D eigenvalue weighted by Crippen LogP contribution is 2.11. The topological polar surface area (TPSA) is 100 Å². The van der Waals surface area contributed by atoms with Gasteiger partial charge in [-0.2, -0.15) is 0 Å². The van der Waals surface area contributed by atoms with Crippen LogP contribution < -0.4 is 16.0 Å². The summed E-state index contributed by atoms with van der Waals surface area (Å²) in [6.07, 6.45) is 3.10. The van der Waals surface area contributed by atoms with Gasteiger partial charge in [0.15, 0.2) is 0 Å². The van der Waals surface area contributed by atoms with Gasteiger partial charge in [0.05, 0.1) is 12.1 Å². The van der Waals surface area contributed by atoms with Crippen molar-refractivity contribution in [2.75, 3.05) is 11.9 Å². The van der Waals surface area contributed by atoms with Crippen LogP contribution in [0.25, 0.3) is 0 Å². The fourth-order valence-corrected chi connectivity index (χ4v) is 2.52. The van der Waals surface area contributed by atoms with Crippen LogP contribution in [0.5, 0.6) is 0 Å². The summed E-state index contributed by atoms with van der Waals surface area (Å²) in [5, 5.41) is 8.11. The van der Waals surface area contributed by atoms with Crippen molar-refractivity contribution in [2.45, 2.75) is 6.54 Å². The van der Waals surface area contributed by atoms with Gasteiger partial charge < -0.3 is 16.0 Å². The molecule has 7 heteroatoms. The first-order valence-corrected chi connectivity index (χ1v) is 9.02. The third kappa shape index (κ3) is 6.00. The molecule has 2 aromatic carbocycles. The minimum absolute atomic E-state index is 0.104. The van der Waals surface area contributed by atoms with Crippen LogP contribution in [0.3, 0.4) is 0 Å². The average molecular weight is 388 g/mol. The summed E-state index contributed by atoms with van der Waals surface area (Å²) in [5.41, 5.74) is 2.49. The van der Waals surface area contributed by atoms with Crippen molar-refractivity contribution in [1.82, 2.24) is 15.6 Å². The zero-order valence-electron chi connectivity index (χ0n) is 15.6. The van der Waals surface area contributed by atoms with E-state index in [2.05, 4.69) is 20.9 Å². The molecule has 0 saturated carbocycles. The molecule has 146 valence electrons. The number of amides is 3. The molecule has 3 N–H and O–H groups in total. The van der Waals surface area contributed by atoms with Crippen molar-refractivity contribution < 1.29 is 14.4 Å². The van der Waals surface area contributed by atoms with Crippen LogP contribution in [0.15, 0.2) is 79.1 Å². The van der Waals surface area contributed by atoms with Gasteiger partial charge in [-0.05, 0) is 42.0 Å². The quantitative estimate of drug-likeness (QED) is 0.579. The molecule has 0 aliphatic carbocycles. The Morgan fingerprint density at radius 3 is 2.17 bits per heavy atom. The van der Waals surface area contributed by atoms with E-state index in [1.54, 1.807) is 54.7 Å². The van der Waals surface area contributed by atoms with Crippen LogP contribution >= 0.6 is 0 Å². The molecule has 0 spiro atoms. The van der Waals surface area contributed by atoms with Crippen LogP contribution in [-0.2, 0) is 11.3 Å². The fraction of sp³-hybridized carbons (Fsp3) is 0.0909. The van der Waals surface area contributed by atoms with Gasteiger partial charge in [0.25, 0.3) is 11.8 Å². The Morgan fingerprint density at radius 2 is 1.48 bits per heavy atom. The van der Waals surface area contributed by atoms with Crippen molar-refractivity contribution in [3.8, 4) is 0 Å². The summed E-state index contributed by atoms with van der Waals surface area (Å²) >= 11 is 0. The average Bonchev–Trinajstić information content (AvgIpc) is 2.78. The molecule has 0 atom stereocenters. The zero-order chi connectivity index (χ0) is 20.5. The molecule has 1 aromatic heterocycles.